The summed E-state index contributed by atoms with van der Waals surface area (Å²) in [5.74, 6) is -3.15. The molecule has 4 aliphatic rings. The molecule has 1 aliphatic heterocycles. The van der Waals surface area contributed by atoms with Crippen molar-refractivity contribution in [3.05, 3.63) is 47.5 Å². The second kappa shape index (κ2) is 13.1. The third kappa shape index (κ3) is 6.21. The number of ether oxygens (including phenoxy) is 5. The summed E-state index contributed by atoms with van der Waals surface area (Å²) in [5.41, 5.74) is -2.35. The number of benzene rings is 1. The Hall–Kier alpha value is -3.24. The molecule has 0 bridgehead atoms. The van der Waals surface area contributed by atoms with Gasteiger partial charge in [0.2, 0.25) is 0 Å². The molecule has 0 amide bonds. The van der Waals surface area contributed by atoms with Crippen LogP contribution in [0.2, 0.25) is 0 Å². The van der Waals surface area contributed by atoms with E-state index in [-0.39, 0.29) is 19.1 Å². The fraction of sp³-hybridized carbons (Fsp3) is 0.692. The SMILES string of the molecule is CC(=O)OCC[C@]12COC[C@H]1[C@]1(C)CC[C@@H]3[C@@](C)(C1[C@H](OC(C)=O)[C@@H]2OC(C)=O)[C@H](OC(C)=O)C=C(C)[C@]3(O)CC(C)(C)c1ccccc1. The minimum Gasteiger partial charge on any atom is -0.466 e. The highest BCUT2D eigenvalue weighted by Gasteiger charge is 2.76. The largest absolute Gasteiger partial charge is 0.466 e. The van der Waals surface area contributed by atoms with Crippen LogP contribution >= 0.6 is 0 Å². The van der Waals surface area contributed by atoms with E-state index in [0.29, 0.717) is 32.3 Å². The van der Waals surface area contributed by atoms with Crippen LogP contribution in [-0.4, -0.2) is 72.7 Å². The van der Waals surface area contributed by atoms with Crippen LogP contribution in [0.1, 0.15) is 93.6 Å². The smallest absolute Gasteiger partial charge is 0.303 e. The van der Waals surface area contributed by atoms with E-state index < -0.39 is 81.3 Å². The first-order valence-electron chi connectivity index (χ1n) is 17.5. The number of hydrogen-bond donors (Lipinski definition) is 1. The maximum absolute atomic E-state index is 13.1. The molecule has 0 spiro atoms. The fourth-order valence-corrected chi connectivity index (χ4v) is 10.9. The predicted octanol–water partition coefficient (Wildman–Crippen LogP) is 5.48. The third-order valence-electron chi connectivity index (χ3n) is 12.7. The number of hydrogen-bond acceptors (Lipinski definition) is 10. The summed E-state index contributed by atoms with van der Waals surface area (Å²) in [6, 6.07) is 10.1. The molecule has 0 aromatic heterocycles. The Bertz CT molecular complexity index is 1490. The summed E-state index contributed by atoms with van der Waals surface area (Å²) in [6.45, 7) is 16.4. The lowest BCUT2D eigenvalue weighted by Crippen LogP contribution is -2.74. The quantitative estimate of drug-likeness (QED) is 0.203. The van der Waals surface area contributed by atoms with E-state index in [4.69, 9.17) is 23.7 Å². The van der Waals surface area contributed by atoms with E-state index in [1.165, 1.54) is 27.7 Å². The highest BCUT2D eigenvalue weighted by atomic mass is 16.6. The molecule has 1 aromatic carbocycles. The summed E-state index contributed by atoms with van der Waals surface area (Å²) < 4.78 is 30.4. The van der Waals surface area contributed by atoms with Crippen LogP contribution in [0.5, 0.6) is 0 Å². The van der Waals surface area contributed by atoms with E-state index in [9.17, 15) is 24.3 Å². The first-order chi connectivity index (χ1) is 22.8. The maximum atomic E-state index is 13.1. The van der Waals surface area contributed by atoms with E-state index in [0.717, 1.165) is 11.1 Å². The molecule has 49 heavy (non-hydrogen) atoms. The van der Waals surface area contributed by atoms with Gasteiger partial charge in [-0.3, -0.25) is 19.2 Å². The molecule has 10 nitrogen and oxygen atoms in total. The molecule has 0 radical (unpaired) electrons. The summed E-state index contributed by atoms with van der Waals surface area (Å²) in [6.07, 6.45) is 1.13. The van der Waals surface area contributed by atoms with Gasteiger partial charge in [0.15, 0.2) is 0 Å². The van der Waals surface area contributed by atoms with Crippen LogP contribution in [0.25, 0.3) is 0 Å². The molecule has 2 saturated carbocycles. The van der Waals surface area contributed by atoms with Crippen molar-refractivity contribution in [3.63, 3.8) is 0 Å². The number of aliphatic hydroxyl groups is 1. The lowest BCUT2D eigenvalue weighted by molar-refractivity contribution is -0.287. The summed E-state index contributed by atoms with van der Waals surface area (Å²) in [7, 11) is 0. The van der Waals surface area contributed by atoms with Gasteiger partial charge in [-0.05, 0) is 66.6 Å². The van der Waals surface area contributed by atoms with Gasteiger partial charge in [-0.15, -0.1) is 0 Å². The monoisotopic (exact) mass is 682 g/mol. The molecule has 3 aliphatic carbocycles. The van der Waals surface area contributed by atoms with Gasteiger partial charge in [0, 0.05) is 50.4 Å². The summed E-state index contributed by atoms with van der Waals surface area (Å²) >= 11 is 0. The van der Waals surface area contributed by atoms with Crippen LogP contribution in [0.3, 0.4) is 0 Å². The van der Waals surface area contributed by atoms with Gasteiger partial charge in [0.1, 0.15) is 18.3 Å². The number of rotatable bonds is 9. The fourth-order valence-electron chi connectivity index (χ4n) is 10.9. The normalized spacial score (nSPS) is 38.2. The molecule has 270 valence electrons. The van der Waals surface area contributed by atoms with Crippen LogP contribution in [0.4, 0.5) is 0 Å². The number of fused-ring (bicyclic) bond motifs is 5. The van der Waals surface area contributed by atoms with Crippen molar-refractivity contribution in [3.8, 4) is 0 Å². The van der Waals surface area contributed by atoms with Gasteiger partial charge >= 0.3 is 23.9 Å². The van der Waals surface area contributed by atoms with Crippen molar-refractivity contribution in [2.24, 2.45) is 34.0 Å². The van der Waals surface area contributed by atoms with Crippen molar-refractivity contribution in [1.82, 2.24) is 0 Å². The van der Waals surface area contributed by atoms with E-state index in [2.05, 4.69) is 32.9 Å². The molecule has 5 rings (SSSR count). The molecule has 10 atom stereocenters. The highest BCUT2D eigenvalue weighted by molar-refractivity contribution is 5.68. The zero-order valence-electron chi connectivity index (χ0n) is 30.5. The average Bonchev–Trinajstić information content (AvgIpc) is 3.43. The van der Waals surface area contributed by atoms with Gasteiger partial charge in [-0.25, -0.2) is 0 Å². The molecule has 3 fully saturated rings. The Morgan fingerprint density at radius 1 is 0.918 bits per heavy atom. The molecule has 1 N–H and O–H groups in total. The Balaban J connectivity index is 1.73. The zero-order valence-corrected chi connectivity index (χ0v) is 30.5. The van der Waals surface area contributed by atoms with Crippen LogP contribution in [0, 0.1) is 34.0 Å². The first kappa shape index (κ1) is 37.0. The zero-order chi connectivity index (χ0) is 36.2. The number of carbonyl (C=O) groups excluding carboxylic acids is 4. The molecule has 1 aromatic rings. The first-order valence-corrected chi connectivity index (χ1v) is 17.5. The number of esters is 4. The minimum atomic E-state index is -1.32. The van der Waals surface area contributed by atoms with Gasteiger partial charge in [0.25, 0.3) is 0 Å². The average molecular weight is 683 g/mol. The highest BCUT2D eigenvalue weighted by Crippen LogP contribution is 2.72. The lowest BCUT2D eigenvalue weighted by atomic mass is 9.36. The van der Waals surface area contributed by atoms with Crippen molar-refractivity contribution in [2.75, 3.05) is 19.8 Å². The summed E-state index contributed by atoms with van der Waals surface area (Å²) in [5, 5.41) is 13.1. The van der Waals surface area contributed by atoms with Crippen molar-refractivity contribution in [1.29, 1.82) is 0 Å². The van der Waals surface area contributed by atoms with E-state index in [1.807, 2.05) is 38.1 Å². The van der Waals surface area contributed by atoms with Gasteiger partial charge < -0.3 is 28.8 Å². The topological polar surface area (TPSA) is 135 Å². The summed E-state index contributed by atoms with van der Waals surface area (Å²) in [4.78, 5) is 50.6. The predicted molar refractivity (Wildman–Crippen MR) is 180 cm³/mol. The molecule has 1 saturated heterocycles. The van der Waals surface area contributed by atoms with Crippen LogP contribution < -0.4 is 0 Å². The van der Waals surface area contributed by atoms with Gasteiger partial charge in [0.05, 0.1) is 25.4 Å². The van der Waals surface area contributed by atoms with Crippen molar-refractivity contribution >= 4 is 23.9 Å². The second-order valence-electron chi connectivity index (χ2n) is 16.2. The Morgan fingerprint density at radius 3 is 2.14 bits per heavy atom. The van der Waals surface area contributed by atoms with Crippen molar-refractivity contribution < 1.29 is 48.0 Å². The van der Waals surface area contributed by atoms with E-state index >= 15 is 0 Å². The van der Waals surface area contributed by atoms with Crippen LogP contribution in [-0.2, 0) is 48.3 Å². The Morgan fingerprint density at radius 2 is 1.55 bits per heavy atom. The second-order valence-corrected chi connectivity index (χ2v) is 16.2. The van der Waals surface area contributed by atoms with Crippen molar-refractivity contribution in [2.45, 2.75) is 117 Å². The number of carbonyl (C=O) groups is 4. The van der Waals surface area contributed by atoms with E-state index in [1.54, 1.807) is 0 Å². The molecular weight excluding hydrogens is 628 g/mol. The molecule has 1 heterocycles. The van der Waals surface area contributed by atoms with Crippen LogP contribution in [0.15, 0.2) is 42.0 Å². The third-order valence-corrected chi connectivity index (χ3v) is 12.7. The molecule has 10 heteroatoms. The van der Waals surface area contributed by atoms with Gasteiger partial charge in [-0.2, -0.15) is 0 Å². The molecule has 1 unspecified atom stereocenters. The maximum Gasteiger partial charge on any atom is 0.303 e. The standard InChI is InChI=1S/C39H54O10/c1-23-19-31(47-25(3)41)37(9)29(39(23,44)21-35(6,7)28-13-11-10-12-14-28)15-16-36(8)30-20-45-22-38(30,17-18-46-24(2)40)34(49-27(5)43)32(33(36)37)48-26(4)42/h10-14,19,29-34,44H,15-18,20-22H2,1-9H3/t29-,30+,31-,32+,33?,34+,36+,37-,38+,39-/m1/s1. The minimum absolute atomic E-state index is 0.0761. The molecular formula is C39H54O10. The van der Waals surface area contributed by atoms with Gasteiger partial charge in [-0.1, -0.05) is 58.0 Å². The Kier molecular flexibility index (Phi) is 9.93. The lowest BCUT2D eigenvalue weighted by Gasteiger charge is -2.70. The Labute approximate surface area is 290 Å².